The van der Waals surface area contributed by atoms with E-state index in [4.69, 9.17) is 11.6 Å². The van der Waals surface area contributed by atoms with Crippen molar-refractivity contribution in [2.45, 2.75) is 71.2 Å². The number of fused-ring (bicyclic) bond motifs is 2. The van der Waals surface area contributed by atoms with Gasteiger partial charge in [-0.15, -0.1) is 13.2 Å². The molecule has 0 atom stereocenters. The Bertz CT molecular complexity index is 2690. The van der Waals surface area contributed by atoms with Crippen LogP contribution >= 0.6 is 11.6 Å². The van der Waals surface area contributed by atoms with E-state index in [1.165, 1.54) is 49.2 Å². The van der Waals surface area contributed by atoms with E-state index in [-0.39, 0.29) is 23.4 Å². The number of amides is 1. The number of benzene rings is 4. The number of piperidine rings is 2. The van der Waals surface area contributed by atoms with Gasteiger partial charge >= 0.3 is 6.36 Å². The number of ether oxygens (including phenoxy) is 1. The van der Waals surface area contributed by atoms with E-state index in [1.807, 2.05) is 26.0 Å². The molecule has 7 aromatic rings. The quantitative estimate of drug-likeness (QED) is 0.131. The molecule has 1 amide bonds. The van der Waals surface area contributed by atoms with Gasteiger partial charge in [0, 0.05) is 67.4 Å². The molecule has 332 valence electrons. The molecule has 0 aliphatic carbocycles. The van der Waals surface area contributed by atoms with Crippen molar-refractivity contribution in [2.75, 3.05) is 41.3 Å². The highest BCUT2D eigenvalue weighted by Gasteiger charge is 2.31. The van der Waals surface area contributed by atoms with Gasteiger partial charge in [-0.3, -0.25) is 9.20 Å². The van der Waals surface area contributed by atoms with Crippen LogP contribution in [-0.4, -0.2) is 57.8 Å². The average Bonchev–Trinajstić information content (AvgIpc) is 3.67. The molecule has 15 heteroatoms. The number of anilines is 4. The number of carbonyl (C=O) groups is 1. The van der Waals surface area contributed by atoms with Crippen molar-refractivity contribution >= 4 is 56.9 Å². The number of alkyl halides is 3. The van der Waals surface area contributed by atoms with Crippen LogP contribution in [0.4, 0.5) is 40.4 Å². The first-order chi connectivity index (χ1) is 30.9. The first-order valence-corrected chi connectivity index (χ1v) is 22.0. The molecule has 4 aromatic carbocycles. The Morgan fingerprint density at radius 2 is 1.48 bits per heavy atom. The number of nitrogens with one attached hydrogen (secondary N) is 2. The summed E-state index contributed by atoms with van der Waals surface area (Å²) in [6.45, 7) is 8.12. The predicted molar refractivity (Wildman–Crippen MR) is 245 cm³/mol. The Balaban J connectivity index is 0.000000192. The molecule has 2 fully saturated rings. The number of aromatic nitrogens is 4. The summed E-state index contributed by atoms with van der Waals surface area (Å²) in [5.41, 5.74) is 7.84. The molecule has 0 unspecified atom stereocenters. The van der Waals surface area contributed by atoms with Gasteiger partial charge in [0.15, 0.2) is 0 Å². The Kier molecular flexibility index (Phi) is 13.5. The molecule has 2 aliphatic rings. The molecular weight excluding hydrogens is 844 g/mol. The van der Waals surface area contributed by atoms with Gasteiger partial charge in [-0.2, -0.15) is 0 Å². The number of pyridine rings is 1. The second-order valence-electron chi connectivity index (χ2n) is 16.1. The molecule has 0 saturated carbocycles. The largest absolute Gasteiger partial charge is 0.573 e. The van der Waals surface area contributed by atoms with E-state index >= 15 is 0 Å². The zero-order valence-electron chi connectivity index (χ0n) is 35.6. The van der Waals surface area contributed by atoms with Gasteiger partial charge in [0.1, 0.15) is 34.6 Å². The van der Waals surface area contributed by atoms with Crippen LogP contribution in [0.1, 0.15) is 78.1 Å². The van der Waals surface area contributed by atoms with Crippen molar-refractivity contribution in [1.82, 2.24) is 24.7 Å². The van der Waals surface area contributed by atoms with Crippen LogP contribution < -0.4 is 25.2 Å². The summed E-state index contributed by atoms with van der Waals surface area (Å²) in [7, 11) is 0. The molecular formula is C49H49ClF4N8O2. The molecule has 10 nitrogen and oxygen atoms in total. The molecule has 3 aromatic heterocycles. The van der Waals surface area contributed by atoms with Gasteiger partial charge in [-0.05, 0) is 135 Å². The number of aryl methyl sites for hydroxylation is 2. The van der Waals surface area contributed by atoms with Crippen LogP contribution in [0.2, 0.25) is 5.02 Å². The Hall–Kier alpha value is -6.41. The molecule has 2 aliphatic heterocycles. The molecule has 9 rings (SSSR count). The Morgan fingerprint density at radius 1 is 0.812 bits per heavy atom. The van der Waals surface area contributed by atoms with Gasteiger partial charge in [0.05, 0.1) is 16.2 Å². The second-order valence-corrected chi connectivity index (χ2v) is 16.5. The summed E-state index contributed by atoms with van der Waals surface area (Å²) < 4.78 is 56.4. The fraction of sp³-hybridized carbons (Fsp3) is 0.306. The van der Waals surface area contributed by atoms with Gasteiger partial charge in [0.2, 0.25) is 0 Å². The topological polar surface area (TPSA) is 99.9 Å². The lowest BCUT2D eigenvalue weighted by Crippen LogP contribution is -2.32. The lowest BCUT2D eigenvalue weighted by atomic mass is 9.89. The Labute approximate surface area is 374 Å². The van der Waals surface area contributed by atoms with Crippen molar-refractivity contribution in [3.8, 4) is 5.75 Å². The van der Waals surface area contributed by atoms with Crippen LogP contribution in [0.5, 0.6) is 5.75 Å². The number of halogens is 5. The average molecular weight is 893 g/mol. The monoisotopic (exact) mass is 892 g/mol. The van der Waals surface area contributed by atoms with Gasteiger partial charge < -0.3 is 25.2 Å². The number of hydrogen-bond donors (Lipinski definition) is 2. The molecule has 2 N–H and O–H groups in total. The van der Waals surface area contributed by atoms with Gasteiger partial charge in [0.25, 0.3) is 5.91 Å². The minimum absolute atomic E-state index is 0.200. The molecule has 5 heterocycles. The van der Waals surface area contributed by atoms with Crippen molar-refractivity contribution < 1.29 is 27.1 Å². The number of rotatable bonds is 10. The minimum Gasteiger partial charge on any atom is -0.406 e. The minimum atomic E-state index is -4.68. The molecule has 0 bridgehead atoms. The third kappa shape index (κ3) is 10.8. The van der Waals surface area contributed by atoms with Crippen LogP contribution in [0.25, 0.3) is 16.6 Å². The highest BCUT2D eigenvalue weighted by Crippen LogP contribution is 2.33. The molecule has 64 heavy (non-hydrogen) atoms. The lowest BCUT2D eigenvalue weighted by molar-refractivity contribution is -0.274. The zero-order chi connectivity index (χ0) is 44.8. The fourth-order valence-corrected chi connectivity index (χ4v) is 8.58. The van der Waals surface area contributed by atoms with Crippen LogP contribution in [0, 0.1) is 12.7 Å². The third-order valence-corrected chi connectivity index (χ3v) is 11.9. The molecule has 0 spiro atoms. The maximum atomic E-state index is 13.5. The van der Waals surface area contributed by atoms with Crippen molar-refractivity contribution in [3.63, 3.8) is 0 Å². The van der Waals surface area contributed by atoms with E-state index < -0.39 is 6.36 Å². The van der Waals surface area contributed by atoms with Crippen molar-refractivity contribution in [1.29, 1.82) is 0 Å². The summed E-state index contributed by atoms with van der Waals surface area (Å²) in [6.07, 6.45) is 3.32. The van der Waals surface area contributed by atoms with Crippen molar-refractivity contribution in [2.24, 2.45) is 0 Å². The first-order valence-electron chi connectivity index (χ1n) is 21.6. The summed E-state index contributed by atoms with van der Waals surface area (Å²) in [5, 5.41) is 7.69. The summed E-state index contributed by atoms with van der Waals surface area (Å²) in [6, 6.07) is 30.9. The summed E-state index contributed by atoms with van der Waals surface area (Å²) >= 11 is 6.14. The van der Waals surface area contributed by atoms with Crippen LogP contribution in [0.15, 0.2) is 109 Å². The second kappa shape index (κ2) is 19.5. The fourth-order valence-electron chi connectivity index (χ4n) is 8.42. The van der Waals surface area contributed by atoms with E-state index in [9.17, 15) is 22.4 Å². The van der Waals surface area contributed by atoms with Gasteiger partial charge in [-0.25, -0.2) is 19.3 Å². The number of imidazole rings is 1. The van der Waals surface area contributed by atoms with E-state index in [2.05, 4.69) is 76.5 Å². The maximum absolute atomic E-state index is 13.5. The number of nitrogens with zero attached hydrogens (tertiary/aromatic N) is 6. The predicted octanol–water partition coefficient (Wildman–Crippen LogP) is 11.6. The normalized spacial score (nSPS) is 14.6. The smallest absolute Gasteiger partial charge is 0.406 e. The third-order valence-electron chi connectivity index (χ3n) is 11.7. The molecule has 0 radical (unpaired) electrons. The number of hydrogen-bond acceptors (Lipinski definition) is 8. The summed E-state index contributed by atoms with van der Waals surface area (Å²) in [5.74, 6) is 0.916. The lowest BCUT2D eigenvalue weighted by Gasteiger charge is -2.34. The maximum Gasteiger partial charge on any atom is 0.573 e. The van der Waals surface area contributed by atoms with E-state index in [0.717, 1.165) is 72.6 Å². The van der Waals surface area contributed by atoms with Crippen molar-refractivity contribution in [3.05, 3.63) is 149 Å². The highest BCUT2D eigenvalue weighted by atomic mass is 35.5. The van der Waals surface area contributed by atoms with Gasteiger partial charge in [-0.1, -0.05) is 42.8 Å². The highest BCUT2D eigenvalue weighted by molar-refractivity contribution is 6.30. The number of carbonyl (C=O) groups excluding carboxylic acids is 1. The van der Waals surface area contributed by atoms with Crippen LogP contribution in [-0.2, 0) is 13.0 Å². The first kappa shape index (κ1) is 44.2. The zero-order valence-corrected chi connectivity index (χ0v) is 36.4. The SMILES string of the molecule is CCc1nc2ccc(Cl)cn2c1C(=O)NCc1ccc(N2CCC(c3ccc(OC(F)(F)F)cc3)CC2)cc1.Cc1nc(Nc2ccc(N3CCCCC3)cc2)c2ccc(F)cc2n1. The summed E-state index contributed by atoms with van der Waals surface area (Å²) in [4.78, 5) is 31.1. The van der Waals surface area contributed by atoms with E-state index in [0.29, 0.717) is 46.5 Å². The van der Waals surface area contributed by atoms with Crippen LogP contribution in [0.3, 0.4) is 0 Å². The molecule has 2 saturated heterocycles. The standard InChI is InChI=1S/C29H28ClF3N4O2.C20H21FN4/c1-2-25-27(37-18-22(30)7-12-26(37)35-25)28(38)34-17-19-3-8-23(9-4-19)36-15-13-21(14-16-36)20-5-10-24(11-6-20)39-29(31,32)33;1-14-22-19-13-15(21)5-10-18(19)20(23-14)24-16-6-8-17(9-7-16)25-11-3-2-4-12-25/h3-12,18,21H,2,13-17H2,1H3,(H,34,38);5-10,13H,2-4,11-12H2,1H3,(H,22,23,24). The van der Waals surface area contributed by atoms with E-state index in [1.54, 1.807) is 40.9 Å². The Morgan fingerprint density at radius 3 is 2.16 bits per heavy atom.